The van der Waals surface area contributed by atoms with Gasteiger partial charge in [-0.3, -0.25) is 5.01 Å². The van der Waals surface area contributed by atoms with E-state index in [1.165, 1.54) is 16.9 Å². The first-order valence-electron chi connectivity index (χ1n) is 8.06. The van der Waals surface area contributed by atoms with Gasteiger partial charge in [0, 0.05) is 25.3 Å². The summed E-state index contributed by atoms with van der Waals surface area (Å²) >= 11 is 0. The number of fused-ring (bicyclic) bond motifs is 1. The standard InChI is InChI=1S/C19H23N3/c1-3-21(4-2)18-11-9-16(10-12-18)15-20-22-14-13-17-7-5-6-8-19(17)22/h5-12,15H,3-4,13-14H2,1-2H3. The quantitative estimate of drug-likeness (QED) is 0.778. The summed E-state index contributed by atoms with van der Waals surface area (Å²) in [5.41, 5.74) is 5.03. The van der Waals surface area contributed by atoms with E-state index in [9.17, 15) is 0 Å². The fourth-order valence-corrected chi connectivity index (χ4v) is 2.94. The van der Waals surface area contributed by atoms with E-state index < -0.39 is 0 Å². The van der Waals surface area contributed by atoms with E-state index in [4.69, 9.17) is 0 Å². The fraction of sp³-hybridized carbons (Fsp3) is 0.316. The van der Waals surface area contributed by atoms with E-state index in [-0.39, 0.29) is 0 Å². The molecule has 0 spiro atoms. The first kappa shape index (κ1) is 14.6. The lowest BCUT2D eigenvalue weighted by molar-refractivity contribution is 0.866. The molecule has 2 aromatic carbocycles. The molecule has 3 heteroatoms. The third-order valence-corrected chi connectivity index (χ3v) is 4.23. The van der Waals surface area contributed by atoms with Crippen molar-refractivity contribution in [3.05, 3.63) is 59.7 Å². The van der Waals surface area contributed by atoms with Gasteiger partial charge in [0.05, 0.1) is 11.9 Å². The fourth-order valence-electron chi connectivity index (χ4n) is 2.94. The van der Waals surface area contributed by atoms with Gasteiger partial charge < -0.3 is 4.90 Å². The van der Waals surface area contributed by atoms with Crippen LogP contribution in [0.5, 0.6) is 0 Å². The normalized spacial score (nSPS) is 13.6. The van der Waals surface area contributed by atoms with Crippen molar-refractivity contribution in [2.24, 2.45) is 5.10 Å². The number of rotatable bonds is 5. The molecule has 0 radical (unpaired) electrons. The van der Waals surface area contributed by atoms with Crippen LogP contribution in [-0.4, -0.2) is 25.8 Å². The third kappa shape index (κ3) is 2.98. The Kier molecular flexibility index (Phi) is 4.42. The highest BCUT2D eigenvalue weighted by Crippen LogP contribution is 2.27. The second-order valence-electron chi connectivity index (χ2n) is 5.51. The highest BCUT2D eigenvalue weighted by Gasteiger charge is 2.16. The maximum Gasteiger partial charge on any atom is 0.0626 e. The molecule has 2 aromatic rings. The number of hydrogen-bond donors (Lipinski definition) is 0. The summed E-state index contributed by atoms with van der Waals surface area (Å²) in [4.78, 5) is 2.34. The van der Waals surface area contributed by atoms with Crippen LogP contribution in [0.2, 0.25) is 0 Å². The lowest BCUT2D eigenvalue weighted by atomic mass is 10.2. The summed E-state index contributed by atoms with van der Waals surface area (Å²) < 4.78 is 0. The van der Waals surface area contributed by atoms with Crippen molar-refractivity contribution >= 4 is 17.6 Å². The highest BCUT2D eigenvalue weighted by molar-refractivity contribution is 5.81. The third-order valence-electron chi connectivity index (χ3n) is 4.23. The van der Waals surface area contributed by atoms with Gasteiger partial charge in [0.15, 0.2) is 0 Å². The van der Waals surface area contributed by atoms with Crippen LogP contribution in [0.25, 0.3) is 0 Å². The maximum atomic E-state index is 4.64. The number of hydrazone groups is 1. The lowest BCUT2D eigenvalue weighted by Crippen LogP contribution is -2.21. The van der Waals surface area contributed by atoms with Crippen LogP contribution >= 0.6 is 0 Å². The van der Waals surface area contributed by atoms with Gasteiger partial charge in [0.1, 0.15) is 0 Å². The molecule has 0 N–H and O–H groups in total. The van der Waals surface area contributed by atoms with E-state index in [1.807, 2.05) is 6.21 Å². The van der Waals surface area contributed by atoms with Gasteiger partial charge in [-0.15, -0.1) is 0 Å². The second kappa shape index (κ2) is 6.65. The van der Waals surface area contributed by atoms with Crippen LogP contribution in [-0.2, 0) is 6.42 Å². The van der Waals surface area contributed by atoms with Crippen molar-refractivity contribution < 1.29 is 0 Å². The van der Waals surface area contributed by atoms with Crippen molar-refractivity contribution in [1.29, 1.82) is 0 Å². The Morgan fingerprint density at radius 3 is 2.50 bits per heavy atom. The Morgan fingerprint density at radius 1 is 1.05 bits per heavy atom. The second-order valence-corrected chi connectivity index (χ2v) is 5.51. The summed E-state index contributed by atoms with van der Waals surface area (Å²) in [5, 5.41) is 6.74. The maximum absolute atomic E-state index is 4.64. The van der Waals surface area contributed by atoms with Crippen LogP contribution in [0.3, 0.4) is 0 Å². The monoisotopic (exact) mass is 293 g/mol. The zero-order chi connectivity index (χ0) is 15.4. The van der Waals surface area contributed by atoms with Crippen molar-refractivity contribution in [3.63, 3.8) is 0 Å². The molecule has 1 aliphatic rings. The predicted molar refractivity (Wildman–Crippen MR) is 95.1 cm³/mol. The Labute approximate surface area is 132 Å². The topological polar surface area (TPSA) is 18.8 Å². The van der Waals surface area contributed by atoms with E-state index in [2.05, 4.69) is 77.4 Å². The van der Waals surface area contributed by atoms with Crippen molar-refractivity contribution in [3.8, 4) is 0 Å². The van der Waals surface area contributed by atoms with Crippen LogP contribution in [0.4, 0.5) is 11.4 Å². The molecule has 0 fully saturated rings. The van der Waals surface area contributed by atoms with Crippen LogP contribution < -0.4 is 9.91 Å². The molecule has 22 heavy (non-hydrogen) atoms. The molecule has 0 saturated heterocycles. The van der Waals surface area contributed by atoms with E-state index in [1.54, 1.807) is 0 Å². The van der Waals surface area contributed by atoms with Crippen LogP contribution in [0, 0.1) is 0 Å². The molecule has 1 aliphatic heterocycles. The van der Waals surface area contributed by atoms with Crippen LogP contribution in [0.15, 0.2) is 53.6 Å². The van der Waals surface area contributed by atoms with Crippen molar-refractivity contribution in [2.75, 3.05) is 29.5 Å². The molecule has 0 aliphatic carbocycles. The van der Waals surface area contributed by atoms with E-state index in [0.717, 1.165) is 31.6 Å². The Bertz CT molecular complexity index is 642. The average molecular weight is 293 g/mol. The molecule has 3 rings (SSSR count). The van der Waals surface area contributed by atoms with E-state index >= 15 is 0 Å². The van der Waals surface area contributed by atoms with Gasteiger partial charge in [-0.05, 0) is 49.6 Å². The first-order valence-corrected chi connectivity index (χ1v) is 8.06. The molecule has 0 bridgehead atoms. The van der Waals surface area contributed by atoms with Gasteiger partial charge >= 0.3 is 0 Å². The number of nitrogens with zero attached hydrogens (tertiary/aromatic N) is 3. The zero-order valence-corrected chi connectivity index (χ0v) is 13.4. The minimum Gasteiger partial charge on any atom is -0.372 e. The predicted octanol–water partition coefficient (Wildman–Crippen LogP) is 3.93. The summed E-state index contributed by atoms with van der Waals surface area (Å²) in [5.74, 6) is 0. The zero-order valence-electron chi connectivity index (χ0n) is 13.4. The molecular weight excluding hydrogens is 270 g/mol. The summed E-state index contributed by atoms with van der Waals surface area (Å²) in [6, 6.07) is 17.1. The molecule has 0 saturated carbocycles. The van der Waals surface area contributed by atoms with Gasteiger partial charge in [0.25, 0.3) is 0 Å². The summed E-state index contributed by atoms with van der Waals surface area (Å²) in [7, 11) is 0. The van der Waals surface area contributed by atoms with E-state index in [0.29, 0.717) is 0 Å². The molecular formula is C19H23N3. The molecule has 0 atom stereocenters. The lowest BCUT2D eigenvalue weighted by Gasteiger charge is -2.20. The minimum atomic E-state index is 0.966. The number of para-hydroxylation sites is 1. The molecule has 1 heterocycles. The smallest absolute Gasteiger partial charge is 0.0626 e. The molecule has 3 nitrogen and oxygen atoms in total. The first-order chi connectivity index (χ1) is 10.8. The number of benzene rings is 2. The number of hydrogen-bond acceptors (Lipinski definition) is 3. The Hall–Kier alpha value is -2.29. The Balaban J connectivity index is 1.71. The summed E-state index contributed by atoms with van der Waals surface area (Å²) in [6.45, 7) is 7.41. The highest BCUT2D eigenvalue weighted by atomic mass is 15.5. The summed E-state index contributed by atoms with van der Waals surface area (Å²) in [6.07, 6.45) is 3.03. The van der Waals surface area contributed by atoms with Gasteiger partial charge in [0.2, 0.25) is 0 Å². The molecule has 0 amide bonds. The number of anilines is 2. The molecule has 0 unspecified atom stereocenters. The van der Waals surface area contributed by atoms with Gasteiger partial charge in [-0.25, -0.2) is 0 Å². The average Bonchev–Trinajstić information content (AvgIpc) is 2.98. The molecule has 114 valence electrons. The van der Waals surface area contributed by atoms with Crippen molar-refractivity contribution in [1.82, 2.24) is 0 Å². The Morgan fingerprint density at radius 2 is 1.77 bits per heavy atom. The largest absolute Gasteiger partial charge is 0.372 e. The molecule has 0 aromatic heterocycles. The van der Waals surface area contributed by atoms with Crippen molar-refractivity contribution in [2.45, 2.75) is 20.3 Å². The van der Waals surface area contributed by atoms with Crippen LogP contribution in [0.1, 0.15) is 25.0 Å². The van der Waals surface area contributed by atoms with Gasteiger partial charge in [-0.2, -0.15) is 5.10 Å². The SMILES string of the molecule is CCN(CC)c1ccc(C=NN2CCc3ccccc32)cc1. The van der Waals surface area contributed by atoms with Gasteiger partial charge in [-0.1, -0.05) is 30.3 Å². The minimum absolute atomic E-state index is 0.966.